The smallest absolute Gasteiger partial charge is 0.382 e. The number of sulfonamides is 2. The van der Waals surface area contributed by atoms with Gasteiger partial charge in [-0.1, -0.05) is 103 Å². The molecule has 10 N–H and O–H groups in total. The molecule has 1 atom stereocenters. The van der Waals surface area contributed by atoms with Crippen molar-refractivity contribution in [2.75, 3.05) is 49.1 Å². The molecule has 0 spiro atoms. The number of benzene rings is 5. The number of H-pyrrole nitrogens is 3. The van der Waals surface area contributed by atoms with Crippen LogP contribution in [0, 0.1) is 5.92 Å². The molecule has 3 fully saturated rings. The van der Waals surface area contributed by atoms with E-state index in [1.54, 1.807) is 53.4 Å². The quantitative estimate of drug-likeness (QED) is 0.0532. The summed E-state index contributed by atoms with van der Waals surface area (Å²) in [6, 6.07) is 49.0. The van der Waals surface area contributed by atoms with E-state index in [0.717, 1.165) is 125 Å². The third-order valence-corrected chi connectivity index (χ3v) is 24.1. The van der Waals surface area contributed by atoms with Gasteiger partial charge in [0.05, 0.1) is 40.2 Å². The molecule has 1 saturated carbocycles. The van der Waals surface area contributed by atoms with Crippen molar-refractivity contribution in [3.05, 3.63) is 212 Å². The van der Waals surface area contributed by atoms with Crippen LogP contribution in [-0.4, -0.2) is 128 Å². The van der Waals surface area contributed by atoms with Crippen LogP contribution in [0.4, 0.5) is 30.6 Å². The van der Waals surface area contributed by atoms with E-state index in [4.69, 9.17) is 32.2 Å². The molecule has 2 aliphatic heterocycles. The molecule has 14 aromatic rings. The number of halogens is 3. The maximum absolute atomic E-state index is 13.0. The van der Waals surface area contributed by atoms with Crippen molar-refractivity contribution in [3.8, 4) is 34.2 Å². The lowest BCUT2D eigenvalue weighted by Gasteiger charge is -2.30. The van der Waals surface area contributed by atoms with Crippen LogP contribution in [0.5, 0.6) is 0 Å². The molecule has 3 aliphatic rings. The number of alkyl halides is 3. The van der Waals surface area contributed by atoms with E-state index in [-0.39, 0.29) is 48.7 Å². The van der Waals surface area contributed by atoms with Crippen molar-refractivity contribution in [1.29, 1.82) is 0 Å². The zero-order valence-corrected chi connectivity index (χ0v) is 58.5. The fourth-order valence-electron chi connectivity index (χ4n) is 14.9. The first-order valence-electron chi connectivity index (χ1n) is 34.8. The number of aromatic nitrogens is 12. The Labute approximate surface area is 596 Å². The highest BCUT2D eigenvalue weighted by Gasteiger charge is 2.38. The molecule has 1 amide bonds. The summed E-state index contributed by atoms with van der Waals surface area (Å²) >= 11 is 0. The van der Waals surface area contributed by atoms with Crippen molar-refractivity contribution in [2.24, 2.45) is 5.92 Å². The van der Waals surface area contributed by atoms with Gasteiger partial charge in [-0.05, 0) is 112 Å². The van der Waals surface area contributed by atoms with Gasteiger partial charge in [0.15, 0.2) is 0 Å². The number of hydrogen-bond donors (Lipinski definition) is 7. The number of nitrogens with two attached hydrogens (primary N) is 3. The largest absolute Gasteiger partial charge is 0.390 e. The Balaban J connectivity index is 0.000000126. The molecule has 17 rings (SSSR count). The number of carbonyl (C=O) groups is 1. The van der Waals surface area contributed by atoms with Gasteiger partial charge in [-0.25, -0.2) is 51.0 Å². The summed E-state index contributed by atoms with van der Waals surface area (Å²) in [6.07, 6.45) is 10.5. The number of nitrogens with zero attached hydrogens (tertiary/aromatic N) is 11. The highest BCUT2D eigenvalue weighted by Crippen LogP contribution is 2.42. The number of fused-ring (bicyclic) bond motifs is 6. The molecular weight excluding hydrogens is 1370 g/mol. The minimum absolute atomic E-state index is 0.00186. The third kappa shape index (κ3) is 13.8. The number of anilines is 3. The molecule has 23 nitrogen and oxygen atoms in total. The van der Waals surface area contributed by atoms with Gasteiger partial charge in [0.25, 0.3) is 0 Å². The summed E-state index contributed by atoms with van der Waals surface area (Å²) in [7, 11) is -7.47. The van der Waals surface area contributed by atoms with Gasteiger partial charge in [-0.2, -0.15) is 17.5 Å². The first-order valence-corrected chi connectivity index (χ1v) is 37.8. The highest BCUT2D eigenvalue weighted by atomic mass is 32.2. The monoisotopic (exact) mass is 1440 g/mol. The van der Waals surface area contributed by atoms with Crippen molar-refractivity contribution < 1.29 is 34.8 Å². The van der Waals surface area contributed by atoms with Gasteiger partial charge in [0.2, 0.25) is 26.0 Å². The van der Waals surface area contributed by atoms with Crippen molar-refractivity contribution in [2.45, 2.75) is 99.6 Å². The maximum atomic E-state index is 13.0. The normalized spacial score (nSPS) is 17.2. The van der Waals surface area contributed by atoms with Crippen LogP contribution >= 0.6 is 0 Å². The van der Waals surface area contributed by atoms with E-state index in [1.807, 2.05) is 113 Å². The Morgan fingerprint density at radius 1 is 0.510 bits per heavy atom. The second-order valence-electron chi connectivity index (χ2n) is 26.9. The molecule has 5 aromatic carbocycles. The number of piperidine rings is 2. The first kappa shape index (κ1) is 68.8. The minimum Gasteiger partial charge on any atom is -0.382 e. The Hall–Kier alpha value is -10.9. The zero-order valence-electron chi connectivity index (χ0n) is 56.8. The molecule has 534 valence electrons. The Morgan fingerprint density at radius 2 is 0.875 bits per heavy atom. The van der Waals surface area contributed by atoms with Gasteiger partial charge in [-0.15, -0.1) is 0 Å². The number of carbonyl (C=O) groups excluding carboxylic acids is 1. The summed E-state index contributed by atoms with van der Waals surface area (Å²) in [4.78, 5) is 51.5. The molecule has 11 heterocycles. The molecule has 0 radical (unpaired) electrons. The van der Waals surface area contributed by atoms with Gasteiger partial charge in [0.1, 0.15) is 68.6 Å². The molecule has 28 heteroatoms. The number of hydrogen-bond acceptors (Lipinski definition) is 14. The molecule has 0 bridgehead atoms. The summed E-state index contributed by atoms with van der Waals surface area (Å²) in [6.45, 7) is 3.21. The number of imidazole rings is 3. The first-order chi connectivity index (χ1) is 50.2. The van der Waals surface area contributed by atoms with E-state index in [0.29, 0.717) is 72.3 Å². The van der Waals surface area contributed by atoms with Crippen molar-refractivity contribution >= 4 is 92.7 Å². The number of amides is 1. The van der Waals surface area contributed by atoms with E-state index in [2.05, 4.69) is 82.1 Å². The topological polar surface area (TPSA) is 320 Å². The SMILES string of the molecule is C[C@H](NC(=O)C1CCC(c2nc(-c3cc4ccccc4[nH]3)c3c(N)nccn23)CC1)c1ccccc1.Nc1nccn2c(C3CCN(S(=O)(=O)CCC(F)(F)F)CC3)nc(-c3cc4ccccc4[nH]3)c12.Nc1nccn2c(C3CCN(S(=O)(=O)c4ccccc4)CC3)nc(-c3cc4ccccc4[nH]3)c12. The lowest BCUT2D eigenvalue weighted by molar-refractivity contribution is -0.130. The molecule has 2 saturated heterocycles. The lowest BCUT2D eigenvalue weighted by atomic mass is 9.81. The van der Waals surface area contributed by atoms with E-state index in [9.17, 15) is 34.8 Å². The Morgan fingerprint density at radius 3 is 1.27 bits per heavy atom. The van der Waals surface area contributed by atoms with Gasteiger partial charge in [-0.3, -0.25) is 18.0 Å². The predicted octanol–water partition coefficient (Wildman–Crippen LogP) is 13.6. The summed E-state index contributed by atoms with van der Waals surface area (Å²) in [5, 5.41) is 6.47. The van der Waals surface area contributed by atoms with Crippen LogP contribution in [0.15, 0.2) is 194 Å². The fourth-order valence-corrected chi connectivity index (χ4v) is 17.9. The fraction of sp³-hybridized carbons (Fsp3) is 0.276. The number of nitrogen functional groups attached to an aromatic ring is 3. The van der Waals surface area contributed by atoms with Crippen LogP contribution in [-0.2, 0) is 24.8 Å². The Bertz CT molecular complexity index is 5590. The summed E-state index contributed by atoms with van der Waals surface area (Å²) in [5.74, 6) is 3.32. The number of para-hydroxylation sites is 3. The standard InChI is InChI=1S/C29H30N6O.C25H24N6O2S.C22H23F3N6O2S/c1-18(19-7-3-2-4-8-19)32-29(36)21-13-11-20(12-14-21)28-34-25(26-27(30)31-15-16-35(26)28)24-17-22-9-5-6-10-23(22)33-24;26-24-23-22(21-16-18-6-4-5-9-20(18)28-21)29-25(31(23)15-12-27-24)17-10-13-30(14-11-17)34(32,33)19-7-2-1-3-8-19;23-22(24,25)7-12-34(32,33)30-9-5-14(6-10-30)21-29-18(19-20(26)27-8-11-31(19)21)17-13-15-3-1-2-4-16(15)28-17/h2-10,15-18,20-21,33H,11-14H2,1H3,(H2,30,31)(H,32,36);1-9,12,15-17,28H,10-11,13-14H2,(H2,26,27);1-4,8,11,13-14,28H,5-7,9-10,12H2,(H2,26,27)/t18-,20?,21?;;/m0../s1. The third-order valence-electron chi connectivity index (χ3n) is 20.4. The number of aromatic amines is 3. The summed E-state index contributed by atoms with van der Waals surface area (Å²) < 4.78 is 97.1. The van der Waals surface area contributed by atoms with Crippen LogP contribution in [0.25, 0.3) is 83.4 Å². The second-order valence-corrected chi connectivity index (χ2v) is 30.9. The Kier molecular flexibility index (Phi) is 18.8. The van der Waals surface area contributed by atoms with Crippen molar-refractivity contribution in [1.82, 2.24) is 72.0 Å². The molecule has 104 heavy (non-hydrogen) atoms. The lowest BCUT2D eigenvalue weighted by Crippen LogP contribution is -2.40. The van der Waals surface area contributed by atoms with Crippen LogP contribution in [0.2, 0.25) is 0 Å². The average Bonchev–Trinajstić information content (AvgIpc) is 1.60. The number of nitrogens with one attached hydrogen (secondary N) is 4. The summed E-state index contributed by atoms with van der Waals surface area (Å²) in [5.41, 5.74) is 30.1. The van der Waals surface area contributed by atoms with Gasteiger partial charge < -0.3 is 37.5 Å². The molecule has 1 aliphatic carbocycles. The van der Waals surface area contributed by atoms with Crippen LogP contribution in [0.1, 0.15) is 112 Å². The second kappa shape index (κ2) is 28.4. The molecule has 0 unspecified atom stereocenters. The molecular formula is C76H77F3N18O5S2. The minimum atomic E-state index is -4.51. The van der Waals surface area contributed by atoms with E-state index < -0.39 is 38.4 Å². The predicted molar refractivity (Wildman–Crippen MR) is 397 cm³/mol. The zero-order chi connectivity index (χ0) is 72.0. The van der Waals surface area contributed by atoms with Gasteiger partial charge >= 0.3 is 6.18 Å². The van der Waals surface area contributed by atoms with Gasteiger partial charge in [0, 0.05) is 120 Å². The number of rotatable bonds is 14. The molecule has 9 aromatic heterocycles. The van der Waals surface area contributed by atoms with Crippen LogP contribution in [0.3, 0.4) is 0 Å². The van der Waals surface area contributed by atoms with E-state index >= 15 is 0 Å². The van der Waals surface area contributed by atoms with Crippen LogP contribution < -0.4 is 22.5 Å². The average molecular weight is 1440 g/mol. The highest BCUT2D eigenvalue weighted by molar-refractivity contribution is 7.89. The van der Waals surface area contributed by atoms with E-state index in [1.165, 1.54) is 0 Å². The van der Waals surface area contributed by atoms with Crippen molar-refractivity contribution in [3.63, 3.8) is 0 Å². The maximum Gasteiger partial charge on any atom is 0.390 e.